The molecule has 42 heavy (non-hydrogen) atoms. The zero-order chi connectivity index (χ0) is 30.8. The smallest absolute Gasteiger partial charge is 0.121 e. The first-order chi connectivity index (χ1) is 19.6. The number of epoxide rings is 1. The Kier molecular flexibility index (Phi) is 9.51. The van der Waals surface area contributed by atoms with Crippen LogP contribution in [0.15, 0.2) is 107 Å². The van der Waals surface area contributed by atoms with E-state index in [4.69, 9.17) is 9.47 Å². The van der Waals surface area contributed by atoms with Gasteiger partial charge in [0.15, 0.2) is 0 Å². The first-order valence-corrected chi connectivity index (χ1v) is 16.1. The Morgan fingerprint density at radius 1 is 0.690 bits per heavy atom. The van der Waals surface area contributed by atoms with E-state index in [9.17, 15) is 0 Å². The molecule has 0 amide bonds. The minimum absolute atomic E-state index is 0.0166. The molecule has 0 aromatic rings. The van der Waals surface area contributed by atoms with Crippen LogP contribution in [0.5, 0.6) is 0 Å². The predicted molar refractivity (Wildman–Crippen MR) is 180 cm³/mol. The Labute approximate surface area is 257 Å². The van der Waals surface area contributed by atoms with Gasteiger partial charge in [-0.15, -0.1) is 0 Å². The fraction of sp³-hybridized carbons (Fsp3) is 0.550. The van der Waals surface area contributed by atoms with Gasteiger partial charge in [-0.25, -0.2) is 0 Å². The van der Waals surface area contributed by atoms with Crippen LogP contribution in [0.2, 0.25) is 0 Å². The van der Waals surface area contributed by atoms with E-state index >= 15 is 0 Å². The molecule has 3 fully saturated rings. The Morgan fingerprint density at radius 3 is 1.88 bits per heavy atom. The van der Waals surface area contributed by atoms with Crippen LogP contribution in [0.3, 0.4) is 0 Å². The Hall–Kier alpha value is -2.42. The lowest BCUT2D eigenvalue weighted by Gasteiger charge is -2.42. The van der Waals surface area contributed by atoms with Gasteiger partial charge in [-0.3, -0.25) is 0 Å². The summed E-state index contributed by atoms with van der Waals surface area (Å²) < 4.78 is 12.9. The van der Waals surface area contributed by atoms with Crippen LogP contribution >= 0.6 is 0 Å². The van der Waals surface area contributed by atoms with E-state index in [1.807, 2.05) is 0 Å². The molecule has 2 aliphatic heterocycles. The summed E-state index contributed by atoms with van der Waals surface area (Å²) in [5.41, 5.74) is 6.66. The van der Waals surface area contributed by atoms with Gasteiger partial charge < -0.3 is 9.47 Å². The molecule has 0 radical (unpaired) electrons. The Balaban J connectivity index is 1.26. The van der Waals surface area contributed by atoms with Gasteiger partial charge in [0.05, 0.1) is 17.3 Å². The highest BCUT2D eigenvalue weighted by Crippen LogP contribution is 2.66. The fourth-order valence-electron chi connectivity index (χ4n) is 7.61. The van der Waals surface area contributed by atoms with E-state index < -0.39 is 0 Å². The molecule has 0 aromatic carbocycles. The van der Waals surface area contributed by atoms with Crippen molar-refractivity contribution in [2.24, 2.45) is 10.8 Å². The number of rotatable bonds is 9. The van der Waals surface area contributed by atoms with E-state index in [1.54, 1.807) is 0 Å². The van der Waals surface area contributed by atoms with Crippen LogP contribution < -0.4 is 0 Å². The molecular formula is C40H56O2. The molecule has 0 bridgehead atoms. The summed E-state index contributed by atoms with van der Waals surface area (Å²) in [6, 6.07) is 0. The largest absolute Gasteiger partial charge is 0.359 e. The van der Waals surface area contributed by atoms with Crippen LogP contribution in [-0.4, -0.2) is 22.9 Å². The summed E-state index contributed by atoms with van der Waals surface area (Å²) in [7, 11) is 0. The highest BCUT2D eigenvalue weighted by atomic mass is 16.6. The molecule has 2 nitrogen and oxygen atoms in total. The standard InChI is InChI=1S/C40H56O2/c1-30(19-13-20-32(3)23-28-40-37(7,8)25-16-27-39(40,10)42-40)17-11-12-18-31(2)21-14-22-33(4)34-29-35-36(5,6)24-15-26-38(35,9)41-34/h11-14,17-23,28-29,34H,15-16,24-27H2,1-10H3. The van der Waals surface area contributed by atoms with Gasteiger partial charge >= 0.3 is 0 Å². The van der Waals surface area contributed by atoms with Crippen molar-refractivity contribution in [1.29, 1.82) is 0 Å². The lowest BCUT2D eigenvalue weighted by molar-refractivity contribution is -0.0307. The number of hydrogen-bond acceptors (Lipinski definition) is 2. The van der Waals surface area contributed by atoms with Gasteiger partial charge in [-0.2, -0.15) is 0 Å². The fourth-order valence-corrected chi connectivity index (χ4v) is 7.61. The van der Waals surface area contributed by atoms with E-state index in [1.165, 1.54) is 53.5 Å². The molecule has 0 spiro atoms. The predicted octanol–water partition coefficient (Wildman–Crippen LogP) is 11.0. The van der Waals surface area contributed by atoms with Gasteiger partial charge in [-0.1, -0.05) is 111 Å². The van der Waals surface area contributed by atoms with Crippen LogP contribution in [0.1, 0.15) is 108 Å². The monoisotopic (exact) mass is 568 g/mol. The van der Waals surface area contributed by atoms with Crippen molar-refractivity contribution >= 4 is 0 Å². The summed E-state index contributed by atoms with van der Waals surface area (Å²) in [6.45, 7) is 22.6. The molecule has 4 aliphatic rings. The minimum Gasteiger partial charge on any atom is -0.359 e. The number of ether oxygens (including phenoxy) is 2. The summed E-state index contributed by atoms with van der Waals surface area (Å²) in [5, 5.41) is 0. The van der Waals surface area contributed by atoms with E-state index in [2.05, 4.69) is 148 Å². The van der Waals surface area contributed by atoms with Crippen molar-refractivity contribution in [1.82, 2.24) is 0 Å². The number of allylic oxidation sites excluding steroid dienone is 14. The lowest BCUT2D eigenvalue weighted by atomic mass is 9.64. The molecule has 4 unspecified atom stereocenters. The van der Waals surface area contributed by atoms with Crippen molar-refractivity contribution in [3.63, 3.8) is 0 Å². The highest BCUT2D eigenvalue weighted by molar-refractivity contribution is 5.38. The van der Waals surface area contributed by atoms with E-state index in [0.29, 0.717) is 0 Å². The second-order valence-corrected chi connectivity index (χ2v) is 15.0. The molecule has 2 heteroatoms. The topological polar surface area (TPSA) is 21.8 Å². The number of hydrogen-bond donors (Lipinski definition) is 0. The molecule has 4 atom stereocenters. The molecule has 4 rings (SSSR count). The molecule has 2 aliphatic carbocycles. The molecule has 2 heterocycles. The lowest BCUT2D eigenvalue weighted by Crippen LogP contribution is -2.41. The van der Waals surface area contributed by atoms with E-state index in [-0.39, 0.29) is 33.7 Å². The first kappa shape index (κ1) is 32.5. The maximum absolute atomic E-state index is 6.56. The molecule has 0 aromatic heterocycles. The van der Waals surface area contributed by atoms with E-state index in [0.717, 1.165) is 12.8 Å². The molecule has 1 saturated heterocycles. The van der Waals surface area contributed by atoms with Crippen LogP contribution in [-0.2, 0) is 9.47 Å². The summed E-state index contributed by atoms with van der Waals surface area (Å²) >= 11 is 0. The number of fused-ring (bicyclic) bond motifs is 2. The van der Waals surface area contributed by atoms with Gasteiger partial charge in [0, 0.05) is 5.41 Å². The summed E-state index contributed by atoms with van der Waals surface area (Å²) in [6.07, 6.45) is 35.8. The van der Waals surface area contributed by atoms with Gasteiger partial charge in [0.1, 0.15) is 5.60 Å². The van der Waals surface area contributed by atoms with Crippen LogP contribution in [0, 0.1) is 10.8 Å². The van der Waals surface area contributed by atoms with Gasteiger partial charge in [0.2, 0.25) is 0 Å². The zero-order valence-corrected chi connectivity index (χ0v) is 28.1. The van der Waals surface area contributed by atoms with Crippen molar-refractivity contribution < 1.29 is 9.47 Å². The highest BCUT2D eigenvalue weighted by Gasteiger charge is 2.73. The van der Waals surface area contributed by atoms with Crippen LogP contribution in [0.4, 0.5) is 0 Å². The second-order valence-electron chi connectivity index (χ2n) is 15.0. The summed E-state index contributed by atoms with van der Waals surface area (Å²) in [4.78, 5) is 0. The average molecular weight is 569 g/mol. The molecule has 2 saturated carbocycles. The third-order valence-corrected chi connectivity index (χ3v) is 10.3. The molecule has 228 valence electrons. The van der Waals surface area contributed by atoms with Crippen molar-refractivity contribution in [2.75, 3.05) is 0 Å². The second kappa shape index (κ2) is 12.3. The van der Waals surface area contributed by atoms with Crippen molar-refractivity contribution in [2.45, 2.75) is 131 Å². The van der Waals surface area contributed by atoms with Crippen LogP contribution in [0.25, 0.3) is 0 Å². The summed E-state index contributed by atoms with van der Waals surface area (Å²) in [5.74, 6) is 0. The van der Waals surface area contributed by atoms with Crippen molar-refractivity contribution in [3.8, 4) is 0 Å². The van der Waals surface area contributed by atoms with Crippen molar-refractivity contribution in [3.05, 3.63) is 107 Å². The third-order valence-electron chi connectivity index (χ3n) is 10.3. The van der Waals surface area contributed by atoms with Gasteiger partial charge in [-0.05, 0) is 109 Å². The molecular weight excluding hydrogens is 512 g/mol. The minimum atomic E-state index is -0.107. The average Bonchev–Trinajstić information content (AvgIpc) is 3.37. The van der Waals surface area contributed by atoms with Gasteiger partial charge in [0.25, 0.3) is 0 Å². The quantitative estimate of drug-likeness (QED) is 0.157. The Bertz CT molecular complexity index is 1300. The SMILES string of the molecule is CC(C=CC=C(C)C=CC12OC1(C)CCCC2(C)C)=CC=CC=C(C)C=CC=C(C)C1C=C2C(C)(C)CCCC2(C)O1. The molecule has 0 N–H and O–H groups in total. The normalized spacial score (nSPS) is 35.4. The third kappa shape index (κ3) is 6.87. The first-order valence-electron chi connectivity index (χ1n) is 16.1. The zero-order valence-electron chi connectivity index (χ0n) is 28.1. The Morgan fingerprint density at radius 2 is 1.26 bits per heavy atom. The maximum atomic E-state index is 6.56. The maximum Gasteiger partial charge on any atom is 0.121 e.